The number of fused-ring (bicyclic) bond motifs is 3. The molecule has 2 aromatic rings. The number of methoxy groups -OCH3 is 1. The van der Waals surface area contributed by atoms with Crippen molar-refractivity contribution in [3.63, 3.8) is 0 Å². The van der Waals surface area contributed by atoms with Crippen LogP contribution in [0.25, 0.3) is 0 Å². The monoisotopic (exact) mass is 481 g/mol. The molecule has 2 aromatic carbocycles. The lowest BCUT2D eigenvalue weighted by Gasteiger charge is -2.54. The molecule has 0 bridgehead atoms. The number of benzene rings is 2. The van der Waals surface area contributed by atoms with E-state index < -0.39 is 5.97 Å². The van der Waals surface area contributed by atoms with Gasteiger partial charge in [0.2, 0.25) is 0 Å². The van der Waals surface area contributed by atoms with Gasteiger partial charge in [-0.3, -0.25) is 4.90 Å². The van der Waals surface area contributed by atoms with Gasteiger partial charge in [0.05, 0.1) is 19.8 Å². The zero-order chi connectivity index (χ0) is 24.6. The summed E-state index contributed by atoms with van der Waals surface area (Å²) < 4.78 is 24.1. The normalized spacial score (nSPS) is 24.7. The maximum absolute atomic E-state index is 10.9. The van der Waals surface area contributed by atoms with Gasteiger partial charge in [-0.15, -0.1) is 0 Å². The highest BCUT2D eigenvalue weighted by molar-refractivity contribution is 5.68. The molecule has 0 saturated carbocycles. The first-order chi connectivity index (χ1) is 16.8. The lowest BCUT2D eigenvalue weighted by atomic mass is 9.64. The molecule has 0 aromatic heterocycles. The van der Waals surface area contributed by atoms with Crippen LogP contribution in [-0.2, 0) is 16.1 Å². The van der Waals surface area contributed by atoms with Gasteiger partial charge in [0.1, 0.15) is 22.8 Å². The van der Waals surface area contributed by atoms with Gasteiger partial charge in [-0.2, -0.15) is 0 Å². The summed E-state index contributed by atoms with van der Waals surface area (Å²) in [6.07, 6.45) is 3.23. The molecule has 0 radical (unpaired) electrons. The van der Waals surface area contributed by atoms with Crippen LogP contribution in [0, 0.1) is 11.3 Å². The number of nitrogens with zero attached hydrogens (tertiary/aromatic N) is 1. The van der Waals surface area contributed by atoms with Crippen molar-refractivity contribution >= 4 is 5.97 Å². The van der Waals surface area contributed by atoms with Crippen molar-refractivity contribution < 1.29 is 28.8 Å². The maximum atomic E-state index is 10.9. The minimum absolute atomic E-state index is 0.0192. The molecule has 3 heterocycles. The number of rotatable bonds is 6. The summed E-state index contributed by atoms with van der Waals surface area (Å²) in [7, 11) is 1.69. The van der Waals surface area contributed by atoms with Gasteiger partial charge in [-0.05, 0) is 75.9 Å². The molecule has 188 valence electrons. The molecule has 2 fully saturated rings. The fraction of sp³-hybridized carbons (Fsp3) is 0.536. The van der Waals surface area contributed by atoms with E-state index in [1.807, 2.05) is 36.4 Å². The second kappa shape index (κ2) is 9.36. The van der Waals surface area contributed by atoms with Crippen molar-refractivity contribution in [2.75, 3.05) is 33.4 Å². The number of aliphatic carboxylic acids is 1. The van der Waals surface area contributed by atoms with Crippen LogP contribution in [0.3, 0.4) is 0 Å². The molecule has 0 unspecified atom stereocenters. The highest BCUT2D eigenvalue weighted by Crippen LogP contribution is 2.56. The fourth-order valence-electron chi connectivity index (χ4n) is 5.95. The number of hydrogen-bond acceptors (Lipinski definition) is 6. The van der Waals surface area contributed by atoms with Crippen molar-refractivity contribution in [1.29, 1.82) is 0 Å². The van der Waals surface area contributed by atoms with Gasteiger partial charge in [0, 0.05) is 23.6 Å². The number of carboxylic acid groups (broad SMARTS) is 1. The van der Waals surface area contributed by atoms with Gasteiger partial charge < -0.3 is 24.1 Å². The number of likely N-dealkylation sites (tertiary alicyclic amines) is 1. The molecule has 5 rings (SSSR count). The predicted octanol–water partition coefficient (Wildman–Crippen LogP) is 4.69. The van der Waals surface area contributed by atoms with Gasteiger partial charge >= 0.3 is 5.97 Å². The third kappa shape index (κ3) is 4.84. The highest BCUT2D eigenvalue weighted by atomic mass is 16.5. The first kappa shape index (κ1) is 23.9. The number of ether oxygens (including phenoxy) is 4. The predicted molar refractivity (Wildman–Crippen MR) is 131 cm³/mol. The lowest BCUT2D eigenvalue weighted by Crippen LogP contribution is -2.54. The Bertz CT molecular complexity index is 1070. The van der Waals surface area contributed by atoms with Gasteiger partial charge in [0.25, 0.3) is 0 Å². The van der Waals surface area contributed by atoms with Gasteiger partial charge in [-0.1, -0.05) is 18.2 Å². The average molecular weight is 482 g/mol. The molecular formula is C28H35NO6. The molecule has 35 heavy (non-hydrogen) atoms. The quantitative estimate of drug-likeness (QED) is 0.641. The maximum Gasteiger partial charge on any atom is 0.341 e. The molecule has 0 amide bonds. The van der Waals surface area contributed by atoms with E-state index in [0.717, 1.165) is 68.1 Å². The largest absolute Gasteiger partial charge is 0.497 e. The Morgan fingerprint density at radius 1 is 1.17 bits per heavy atom. The Balaban J connectivity index is 1.26. The number of carbonyl (C=O) groups is 1. The lowest BCUT2D eigenvalue weighted by molar-refractivity contribution is -0.174. The smallest absolute Gasteiger partial charge is 0.341 e. The van der Waals surface area contributed by atoms with E-state index in [-0.39, 0.29) is 29.6 Å². The van der Waals surface area contributed by atoms with Crippen molar-refractivity contribution in [3.05, 3.63) is 53.6 Å². The van der Waals surface area contributed by atoms with E-state index in [2.05, 4.69) is 24.8 Å². The Morgan fingerprint density at radius 3 is 2.69 bits per heavy atom. The minimum Gasteiger partial charge on any atom is -0.497 e. The van der Waals surface area contributed by atoms with E-state index in [0.29, 0.717) is 5.75 Å². The van der Waals surface area contributed by atoms with Gasteiger partial charge in [0.15, 0.2) is 6.61 Å². The second-order valence-corrected chi connectivity index (χ2v) is 10.7. The van der Waals surface area contributed by atoms with Crippen LogP contribution in [0.5, 0.6) is 17.2 Å². The number of piperidine rings is 1. The van der Waals surface area contributed by atoms with Crippen molar-refractivity contribution in [2.24, 2.45) is 11.3 Å². The summed E-state index contributed by atoms with van der Waals surface area (Å²) in [5, 5.41) is 8.97. The molecular weight excluding hydrogens is 446 g/mol. The van der Waals surface area contributed by atoms with Crippen LogP contribution < -0.4 is 14.2 Å². The SMILES string of the molecule is COc1ccc2c(c1)[C@H]1OCC3(CCN(Cc4ccccc4OCC(=O)O)CC3)C[C@@H]1C(C)(C)O2. The van der Waals surface area contributed by atoms with Crippen LogP contribution in [0.4, 0.5) is 0 Å². The molecule has 7 heteroatoms. The van der Waals surface area contributed by atoms with E-state index in [1.165, 1.54) is 0 Å². The summed E-state index contributed by atoms with van der Waals surface area (Å²) in [6, 6.07) is 13.7. The Morgan fingerprint density at radius 2 is 1.94 bits per heavy atom. The molecule has 2 atom stereocenters. The van der Waals surface area contributed by atoms with Crippen molar-refractivity contribution in [2.45, 2.75) is 51.4 Å². The molecule has 0 aliphatic carbocycles. The number of carboxylic acids is 1. The van der Waals surface area contributed by atoms with Crippen LogP contribution in [0.2, 0.25) is 0 Å². The van der Waals surface area contributed by atoms with Crippen LogP contribution in [0.1, 0.15) is 50.3 Å². The zero-order valence-corrected chi connectivity index (χ0v) is 20.8. The Labute approximate surface area is 206 Å². The molecule has 3 aliphatic heterocycles. The minimum atomic E-state index is -0.967. The Kier molecular flexibility index (Phi) is 6.40. The summed E-state index contributed by atoms with van der Waals surface area (Å²) in [4.78, 5) is 13.4. The van der Waals surface area contributed by atoms with E-state index >= 15 is 0 Å². The van der Waals surface area contributed by atoms with E-state index in [9.17, 15) is 4.79 Å². The Hall–Kier alpha value is -2.77. The first-order valence-electron chi connectivity index (χ1n) is 12.4. The van der Waals surface area contributed by atoms with Crippen LogP contribution >= 0.6 is 0 Å². The molecule has 1 N–H and O–H groups in total. The first-order valence-corrected chi connectivity index (χ1v) is 12.4. The molecule has 3 aliphatic rings. The third-order valence-corrected chi connectivity index (χ3v) is 8.01. The van der Waals surface area contributed by atoms with Crippen LogP contribution in [-0.4, -0.2) is 55.0 Å². The molecule has 2 saturated heterocycles. The van der Waals surface area contributed by atoms with Crippen molar-refractivity contribution in [1.82, 2.24) is 4.90 Å². The topological polar surface area (TPSA) is 77.5 Å². The summed E-state index contributed by atoms with van der Waals surface area (Å²) in [5.41, 5.74) is 1.96. The van der Waals surface area contributed by atoms with Crippen molar-refractivity contribution in [3.8, 4) is 17.2 Å². The summed E-state index contributed by atoms with van der Waals surface area (Å²) in [6.45, 7) is 7.49. The average Bonchev–Trinajstić information content (AvgIpc) is 2.85. The number of hydrogen-bond donors (Lipinski definition) is 1. The fourth-order valence-corrected chi connectivity index (χ4v) is 5.95. The molecule has 1 spiro atoms. The van der Waals surface area contributed by atoms with E-state index in [4.69, 9.17) is 24.1 Å². The zero-order valence-electron chi connectivity index (χ0n) is 20.8. The second-order valence-electron chi connectivity index (χ2n) is 10.7. The highest BCUT2D eigenvalue weighted by Gasteiger charge is 2.52. The summed E-state index contributed by atoms with van der Waals surface area (Å²) >= 11 is 0. The number of para-hydroxylation sites is 1. The standard InChI is InChI=1S/C28H35NO6/c1-27(2)22-15-28(18-34-26(22)21-14-20(32-3)8-9-24(21)35-27)10-12-29(13-11-28)16-19-6-4-5-7-23(19)33-17-25(30)31/h4-9,14,22,26H,10-13,15-18H2,1-3H3,(H,30,31)/t22-,26+/m0/s1. The van der Waals surface area contributed by atoms with Crippen LogP contribution in [0.15, 0.2) is 42.5 Å². The molecule has 7 nitrogen and oxygen atoms in total. The van der Waals surface area contributed by atoms with E-state index in [1.54, 1.807) is 7.11 Å². The van der Waals surface area contributed by atoms with Gasteiger partial charge in [-0.25, -0.2) is 4.79 Å². The third-order valence-electron chi connectivity index (χ3n) is 8.01. The summed E-state index contributed by atoms with van der Waals surface area (Å²) in [5.74, 6) is 1.68.